The van der Waals surface area contributed by atoms with Crippen LogP contribution in [0, 0.1) is 5.41 Å². The third kappa shape index (κ3) is 2.68. The Morgan fingerprint density at radius 3 is 2.74 bits per heavy atom. The number of hydrogen-bond acceptors (Lipinski definition) is 4. The highest BCUT2D eigenvalue weighted by Crippen LogP contribution is 2.31. The van der Waals surface area contributed by atoms with Crippen LogP contribution in [0.3, 0.4) is 0 Å². The van der Waals surface area contributed by atoms with Gasteiger partial charge >= 0.3 is 0 Å². The highest BCUT2D eigenvalue weighted by molar-refractivity contribution is 5.86. The molecule has 9 N–H and O–H groups in total. The number of phenols is 1. The zero-order valence-electron chi connectivity index (χ0n) is 12.6. The molecule has 0 saturated heterocycles. The number of aromatic nitrogens is 1. The lowest BCUT2D eigenvalue weighted by atomic mass is 10.0. The zero-order valence-corrected chi connectivity index (χ0v) is 12.6. The van der Waals surface area contributed by atoms with E-state index in [9.17, 15) is 5.11 Å². The first-order chi connectivity index (χ1) is 11.0. The number of fused-ring (bicyclic) bond motifs is 1. The quantitative estimate of drug-likeness (QED) is 0.362. The second-order valence-corrected chi connectivity index (χ2v) is 5.58. The van der Waals surface area contributed by atoms with Crippen molar-refractivity contribution in [1.29, 1.82) is 5.41 Å². The van der Waals surface area contributed by atoms with Crippen LogP contribution < -0.4 is 17.2 Å². The Labute approximate surface area is 133 Å². The van der Waals surface area contributed by atoms with Gasteiger partial charge in [0.15, 0.2) is 5.96 Å². The van der Waals surface area contributed by atoms with Gasteiger partial charge in [-0.2, -0.15) is 0 Å². The molecule has 7 heteroatoms. The summed E-state index contributed by atoms with van der Waals surface area (Å²) >= 11 is 0. The van der Waals surface area contributed by atoms with E-state index in [1.807, 2.05) is 6.07 Å². The highest BCUT2D eigenvalue weighted by atomic mass is 16.3. The van der Waals surface area contributed by atoms with Crippen LogP contribution in [0.4, 0.5) is 5.82 Å². The molecular formula is C16H20N6O. The lowest BCUT2D eigenvalue weighted by molar-refractivity contribution is 0.385. The van der Waals surface area contributed by atoms with Gasteiger partial charge in [-0.3, -0.25) is 5.41 Å². The van der Waals surface area contributed by atoms with Crippen LogP contribution in [0.5, 0.6) is 5.75 Å². The van der Waals surface area contributed by atoms with Crippen molar-refractivity contribution in [3.05, 3.63) is 46.6 Å². The molecule has 0 atom stereocenters. The molecule has 23 heavy (non-hydrogen) atoms. The molecular weight excluding hydrogens is 292 g/mol. The first-order valence-corrected chi connectivity index (χ1v) is 7.31. The molecule has 0 fully saturated rings. The van der Waals surface area contributed by atoms with Crippen LogP contribution >= 0.6 is 0 Å². The van der Waals surface area contributed by atoms with E-state index >= 15 is 0 Å². The van der Waals surface area contributed by atoms with Crippen LogP contribution in [-0.4, -0.2) is 27.5 Å². The lowest BCUT2D eigenvalue weighted by Crippen LogP contribution is -2.40. The van der Waals surface area contributed by atoms with Crippen LogP contribution in [0.25, 0.3) is 11.8 Å². The lowest BCUT2D eigenvalue weighted by Gasteiger charge is -2.27. The van der Waals surface area contributed by atoms with Gasteiger partial charge in [-0.25, -0.2) is 0 Å². The fourth-order valence-corrected chi connectivity index (χ4v) is 2.86. The monoisotopic (exact) mass is 312 g/mol. The zero-order chi connectivity index (χ0) is 16.6. The minimum absolute atomic E-state index is 0.0408. The largest absolute Gasteiger partial charge is 0.507 e. The van der Waals surface area contributed by atoms with E-state index in [4.69, 9.17) is 22.6 Å². The number of nitrogens with one attached hydrogen (secondary N) is 2. The van der Waals surface area contributed by atoms with E-state index in [0.29, 0.717) is 30.2 Å². The van der Waals surface area contributed by atoms with Crippen molar-refractivity contribution in [2.75, 3.05) is 12.3 Å². The summed E-state index contributed by atoms with van der Waals surface area (Å²) in [5.41, 5.74) is 21.6. The predicted molar refractivity (Wildman–Crippen MR) is 91.4 cm³/mol. The summed E-state index contributed by atoms with van der Waals surface area (Å²) in [5.74, 6) is 0.687. The number of anilines is 1. The molecule has 0 saturated carbocycles. The second-order valence-electron chi connectivity index (χ2n) is 5.58. The Balaban J connectivity index is 2.01. The summed E-state index contributed by atoms with van der Waals surface area (Å²) < 4.78 is 0. The Hall–Kier alpha value is -3.09. The molecule has 120 valence electrons. The van der Waals surface area contributed by atoms with Gasteiger partial charge in [-0.15, -0.1) is 0 Å². The summed E-state index contributed by atoms with van der Waals surface area (Å²) in [4.78, 5) is 4.95. The Morgan fingerprint density at radius 1 is 1.30 bits per heavy atom. The van der Waals surface area contributed by atoms with Crippen LogP contribution in [0.15, 0.2) is 24.3 Å². The predicted octanol–water partition coefficient (Wildman–Crippen LogP) is 1.01. The number of hydrogen-bond donors (Lipinski definition) is 6. The summed E-state index contributed by atoms with van der Waals surface area (Å²) in [6.07, 6.45) is 2.49. The standard InChI is InChI=1S/C16H20N6O/c17-12(9-3-1-2-4-14(9)23)7-10-11-8-22(16(19)20)6-5-13(11)21-15(10)18/h1-4,7,21,23H,5-6,8,17-18H2,(H3,19,20)/b12-7-. The van der Waals surface area contributed by atoms with Crippen LogP contribution in [0.1, 0.15) is 22.4 Å². The van der Waals surface area contributed by atoms with Gasteiger partial charge in [0, 0.05) is 47.6 Å². The van der Waals surface area contributed by atoms with Crippen molar-refractivity contribution >= 4 is 23.6 Å². The molecule has 1 aromatic carbocycles. The normalized spacial score (nSPS) is 14.6. The van der Waals surface area contributed by atoms with Crippen molar-refractivity contribution < 1.29 is 5.11 Å². The van der Waals surface area contributed by atoms with E-state index in [1.54, 1.807) is 29.2 Å². The van der Waals surface area contributed by atoms with E-state index in [2.05, 4.69) is 4.98 Å². The van der Waals surface area contributed by atoms with Gasteiger partial charge in [0.05, 0.1) is 0 Å². The van der Waals surface area contributed by atoms with Gasteiger partial charge < -0.3 is 32.2 Å². The summed E-state index contributed by atoms with van der Waals surface area (Å²) in [6.45, 7) is 1.19. The smallest absolute Gasteiger partial charge is 0.188 e. The summed E-state index contributed by atoms with van der Waals surface area (Å²) in [6, 6.07) is 6.88. The summed E-state index contributed by atoms with van der Waals surface area (Å²) in [5, 5.41) is 17.5. The van der Waals surface area contributed by atoms with Gasteiger partial charge in [-0.05, 0) is 18.2 Å². The number of phenolic OH excluding ortho intramolecular Hbond substituents is 1. The van der Waals surface area contributed by atoms with E-state index in [0.717, 1.165) is 23.2 Å². The first-order valence-electron chi connectivity index (χ1n) is 7.31. The topological polar surface area (TPSA) is 141 Å². The van der Waals surface area contributed by atoms with E-state index in [1.165, 1.54) is 0 Å². The Bertz CT molecular complexity index is 792. The minimum atomic E-state index is 0.0408. The fraction of sp³-hybridized carbons (Fsp3) is 0.188. The number of benzene rings is 1. The number of para-hydroxylation sites is 1. The SMILES string of the molecule is N=C(N)N1CCc2[nH]c(N)c(/C=C(\N)c3ccccc3O)c2C1. The van der Waals surface area contributed by atoms with Gasteiger partial charge in [0.1, 0.15) is 11.6 Å². The van der Waals surface area contributed by atoms with E-state index in [-0.39, 0.29) is 11.7 Å². The average molecular weight is 312 g/mol. The number of aromatic amines is 1. The van der Waals surface area contributed by atoms with Crippen molar-refractivity contribution in [3.63, 3.8) is 0 Å². The number of rotatable bonds is 2. The molecule has 7 nitrogen and oxygen atoms in total. The molecule has 0 radical (unpaired) electrons. The molecule has 0 amide bonds. The Kier molecular flexibility index (Phi) is 3.61. The van der Waals surface area contributed by atoms with Crippen molar-refractivity contribution in [1.82, 2.24) is 9.88 Å². The molecule has 1 aromatic heterocycles. The number of guanidine groups is 1. The molecule has 0 bridgehead atoms. The maximum Gasteiger partial charge on any atom is 0.188 e. The molecule has 1 aliphatic rings. The van der Waals surface area contributed by atoms with Crippen molar-refractivity contribution in [2.24, 2.45) is 11.5 Å². The molecule has 1 aliphatic heterocycles. The molecule has 0 spiro atoms. The third-order valence-corrected chi connectivity index (χ3v) is 4.10. The molecule has 2 aromatic rings. The fourth-order valence-electron chi connectivity index (χ4n) is 2.86. The molecule has 0 unspecified atom stereocenters. The first kappa shape index (κ1) is 14.8. The highest BCUT2D eigenvalue weighted by Gasteiger charge is 2.23. The van der Waals surface area contributed by atoms with Crippen LogP contribution in [-0.2, 0) is 13.0 Å². The number of nitrogens with two attached hydrogens (primary N) is 3. The van der Waals surface area contributed by atoms with Gasteiger partial charge in [0.2, 0.25) is 0 Å². The number of nitrogens with zero attached hydrogens (tertiary/aromatic N) is 1. The van der Waals surface area contributed by atoms with Crippen molar-refractivity contribution in [2.45, 2.75) is 13.0 Å². The molecule has 0 aliphatic carbocycles. The van der Waals surface area contributed by atoms with Crippen molar-refractivity contribution in [3.8, 4) is 5.75 Å². The van der Waals surface area contributed by atoms with Gasteiger partial charge in [-0.1, -0.05) is 12.1 Å². The van der Waals surface area contributed by atoms with Crippen LogP contribution in [0.2, 0.25) is 0 Å². The molecule has 2 heterocycles. The Morgan fingerprint density at radius 2 is 2.04 bits per heavy atom. The van der Waals surface area contributed by atoms with E-state index < -0.39 is 0 Å². The molecule has 3 rings (SSSR count). The number of H-pyrrole nitrogens is 1. The maximum absolute atomic E-state index is 9.92. The van der Waals surface area contributed by atoms with Gasteiger partial charge in [0.25, 0.3) is 0 Å². The summed E-state index contributed by atoms with van der Waals surface area (Å²) in [7, 11) is 0. The number of aromatic hydroxyl groups is 1. The average Bonchev–Trinajstić information content (AvgIpc) is 2.83. The maximum atomic E-state index is 9.92. The third-order valence-electron chi connectivity index (χ3n) is 4.10. The second kappa shape index (κ2) is 5.60. The minimum Gasteiger partial charge on any atom is -0.507 e. The number of nitrogen functional groups attached to an aromatic ring is 1.